The molecule has 0 aliphatic rings. The maximum atomic E-state index is 12.6. The summed E-state index contributed by atoms with van der Waals surface area (Å²) >= 11 is 0. The maximum absolute atomic E-state index is 12.6. The Morgan fingerprint density at radius 3 is 2.88 bits per heavy atom. The molecule has 2 heterocycles. The van der Waals surface area contributed by atoms with Crippen LogP contribution in [0.1, 0.15) is 29.1 Å². The molecule has 0 fully saturated rings. The van der Waals surface area contributed by atoms with Gasteiger partial charge in [-0.1, -0.05) is 0 Å². The summed E-state index contributed by atoms with van der Waals surface area (Å²) in [6.07, 6.45) is 4.48. The Hall–Kier alpha value is -2.24. The quantitative estimate of drug-likeness (QED) is 0.789. The van der Waals surface area contributed by atoms with E-state index in [0.717, 1.165) is 6.07 Å². The predicted molar refractivity (Wildman–Crippen MR) is 58.7 cm³/mol. The molecular formula is C11H11FN4O. The number of carbonyl (C=O) groups is 1. The Kier molecular flexibility index (Phi) is 3.13. The van der Waals surface area contributed by atoms with Crippen molar-refractivity contribution in [2.75, 3.05) is 0 Å². The molecule has 1 amide bonds. The lowest BCUT2D eigenvalue weighted by atomic mass is 10.2. The molecule has 6 heteroatoms. The fourth-order valence-corrected chi connectivity index (χ4v) is 1.37. The minimum Gasteiger partial charge on any atom is -0.347 e. The molecule has 0 spiro atoms. The summed E-state index contributed by atoms with van der Waals surface area (Å²) in [6, 6.07) is 2.28. The van der Waals surface area contributed by atoms with Gasteiger partial charge in [-0.3, -0.25) is 4.79 Å². The first-order valence-electron chi connectivity index (χ1n) is 5.08. The molecule has 1 unspecified atom stereocenters. The van der Waals surface area contributed by atoms with Crippen molar-refractivity contribution in [3.8, 4) is 0 Å². The molecule has 5 nitrogen and oxygen atoms in total. The first-order valence-corrected chi connectivity index (χ1v) is 5.08. The van der Waals surface area contributed by atoms with Gasteiger partial charge >= 0.3 is 0 Å². The third-order valence-electron chi connectivity index (χ3n) is 2.27. The van der Waals surface area contributed by atoms with Gasteiger partial charge in [-0.05, 0) is 19.1 Å². The van der Waals surface area contributed by atoms with Gasteiger partial charge in [0.2, 0.25) is 5.95 Å². The summed E-state index contributed by atoms with van der Waals surface area (Å²) in [6.45, 7) is 1.80. The van der Waals surface area contributed by atoms with Gasteiger partial charge in [0.1, 0.15) is 5.82 Å². The van der Waals surface area contributed by atoms with E-state index in [1.54, 1.807) is 19.3 Å². The summed E-state index contributed by atoms with van der Waals surface area (Å²) in [5.41, 5.74) is 0.310. The molecule has 17 heavy (non-hydrogen) atoms. The SMILES string of the molecule is CC(NC(=O)c1ccc(F)nc1)c1ncc[nH]1. The Morgan fingerprint density at radius 1 is 1.47 bits per heavy atom. The predicted octanol–water partition coefficient (Wildman–Crippen LogP) is 1.43. The number of amides is 1. The fraction of sp³-hybridized carbons (Fsp3) is 0.182. The van der Waals surface area contributed by atoms with E-state index in [-0.39, 0.29) is 11.9 Å². The van der Waals surface area contributed by atoms with Crippen LogP contribution in [0.3, 0.4) is 0 Å². The number of imidazole rings is 1. The van der Waals surface area contributed by atoms with E-state index in [1.807, 2.05) is 0 Å². The number of pyridine rings is 1. The average molecular weight is 234 g/mol. The van der Waals surface area contributed by atoms with Gasteiger partial charge < -0.3 is 10.3 Å². The van der Waals surface area contributed by atoms with Crippen LogP contribution in [0, 0.1) is 5.95 Å². The summed E-state index contributed by atoms with van der Waals surface area (Å²) < 4.78 is 12.6. The van der Waals surface area contributed by atoms with Crippen molar-refractivity contribution in [3.05, 3.63) is 48.1 Å². The molecule has 2 aromatic rings. The second-order valence-corrected chi connectivity index (χ2v) is 3.54. The van der Waals surface area contributed by atoms with E-state index in [2.05, 4.69) is 20.3 Å². The van der Waals surface area contributed by atoms with Gasteiger partial charge in [0.25, 0.3) is 5.91 Å². The molecular weight excluding hydrogens is 223 g/mol. The van der Waals surface area contributed by atoms with Crippen LogP contribution in [0.2, 0.25) is 0 Å². The van der Waals surface area contributed by atoms with Crippen LogP contribution in [0.5, 0.6) is 0 Å². The number of hydrogen-bond donors (Lipinski definition) is 2. The van der Waals surface area contributed by atoms with Crippen molar-refractivity contribution < 1.29 is 9.18 Å². The summed E-state index contributed by atoms with van der Waals surface area (Å²) in [5, 5.41) is 2.72. The highest BCUT2D eigenvalue weighted by atomic mass is 19.1. The Balaban J connectivity index is 2.04. The fourth-order valence-electron chi connectivity index (χ4n) is 1.37. The highest BCUT2D eigenvalue weighted by Gasteiger charge is 2.13. The number of halogens is 1. The van der Waals surface area contributed by atoms with Crippen LogP contribution < -0.4 is 5.32 Å². The lowest BCUT2D eigenvalue weighted by Crippen LogP contribution is -2.27. The van der Waals surface area contributed by atoms with Crippen LogP contribution in [-0.4, -0.2) is 20.9 Å². The topological polar surface area (TPSA) is 70.7 Å². The molecule has 2 aromatic heterocycles. The van der Waals surface area contributed by atoms with Gasteiger partial charge in [-0.15, -0.1) is 0 Å². The van der Waals surface area contributed by atoms with Gasteiger partial charge in [0.15, 0.2) is 0 Å². The number of rotatable bonds is 3. The zero-order valence-corrected chi connectivity index (χ0v) is 9.14. The highest BCUT2D eigenvalue weighted by Crippen LogP contribution is 2.07. The molecule has 0 aliphatic heterocycles. The van der Waals surface area contributed by atoms with Crippen molar-refractivity contribution in [3.63, 3.8) is 0 Å². The number of aromatic nitrogens is 3. The molecule has 0 aliphatic carbocycles. The minimum absolute atomic E-state index is 0.248. The molecule has 2 N–H and O–H groups in total. The Labute approximate surface area is 97.1 Å². The van der Waals surface area contributed by atoms with Gasteiger partial charge in [-0.2, -0.15) is 4.39 Å². The maximum Gasteiger partial charge on any atom is 0.253 e. The molecule has 0 bridgehead atoms. The van der Waals surface area contributed by atoms with Crippen LogP contribution in [0.4, 0.5) is 4.39 Å². The molecule has 0 saturated carbocycles. The summed E-state index contributed by atoms with van der Waals surface area (Å²) in [7, 11) is 0. The normalized spacial score (nSPS) is 12.1. The lowest BCUT2D eigenvalue weighted by molar-refractivity contribution is 0.0938. The largest absolute Gasteiger partial charge is 0.347 e. The third kappa shape index (κ3) is 2.66. The Morgan fingerprint density at radius 2 is 2.29 bits per heavy atom. The first-order chi connectivity index (χ1) is 8.16. The van der Waals surface area contributed by atoms with E-state index in [4.69, 9.17) is 0 Å². The van der Waals surface area contributed by atoms with Gasteiger partial charge in [0, 0.05) is 18.6 Å². The van der Waals surface area contributed by atoms with Crippen LogP contribution in [0.25, 0.3) is 0 Å². The number of hydrogen-bond acceptors (Lipinski definition) is 3. The second-order valence-electron chi connectivity index (χ2n) is 3.54. The number of nitrogens with one attached hydrogen (secondary N) is 2. The number of H-pyrrole nitrogens is 1. The van der Waals surface area contributed by atoms with Crippen molar-refractivity contribution in [1.29, 1.82) is 0 Å². The zero-order chi connectivity index (χ0) is 12.3. The molecule has 1 atom stereocenters. The number of carbonyl (C=O) groups excluding carboxylic acids is 1. The van der Waals surface area contributed by atoms with E-state index in [1.165, 1.54) is 12.3 Å². The lowest BCUT2D eigenvalue weighted by Gasteiger charge is -2.11. The molecule has 0 aromatic carbocycles. The summed E-state index contributed by atoms with van der Waals surface area (Å²) in [5.74, 6) is -0.268. The van der Waals surface area contributed by atoms with Gasteiger partial charge in [-0.25, -0.2) is 9.97 Å². The number of nitrogens with zero attached hydrogens (tertiary/aromatic N) is 2. The van der Waals surface area contributed by atoms with Crippen molar-refractivity contribution in [2.24, 2.45) is 0 Å². The van der Waals surface area contributed by atoms with E-state index in [0.29, 0.717) is 11.4 Å². The third-order valence-corrected chi connectivity index (χ3v) is 2.27. The first kappa shape index (κ1) is 11.3. The van der Waals surface area contributed by atoms with Crippen molar-refractivity contribution >= 4 is 5.91 Å². The van der Waals surface area contributed by atoms with E-state index in [9.17, 15) is 9.18 Å². The zero-order valence-electron chi connectivity index (χ0n) is 9.14. The minimum atomic E-state index is -0.611. The second kappa shape index (κ2) is 4.73. The Bertz CT molecular complexity index is 495. The monoisotopic (exact) mass is 234 g/mol. The van der Waals surface area contributed by atoms with Crippen LogP contribution >= 0.6 is 0 Å². The molecule has 0 saturated heterocycles. The van der Waals surface area contributed by atoms with Crippen LogP contribution in [0.15, 0.2) is 30.7 Å². The average Bonchev–Trinajstić information content (AvgIpc) is 2.83. The highest BCUT2D eigenvalue weighted by molar-refractivity contribution is 5.93. The van der Waals surface area contributed by atoms with Crippen molar-refractivity contribution in [1.82, 2.24) is 20.3 Å². The van der Waals surface area contributed by atoms with Gasteiger partial charge in [0.05, 0.1) is 11.6 Å². The standard InChI is InChI=1S/C11H11FN4O/c1-7(10-13-4-5-14-10)16-11(17)8-2-3-9(12)15-6-8/h2-7H,1H3,(H,13,14)(H,16,17). The van der Waals surface area contributed by atoms with E-state index < -0.39 is 5.95 Å². The summed E-state index contributed by atoms with van der Waals surface area (Å²) in [4.78, 5) is 22.1. The van der Waals surface area contributed by atoms with Crippen LogP contribution in [-0.2, 0) is 0 Å². The van der Waals surface area contributed by atoms with E-state index >= 15 is 0 Å². The molecule has 2 rings (SSSR count). The number of aromatic amines is 1. The molecule has 0 radical (unpaired) electrons. The smallest absolute Gasteiger partial charge is 0.253 e. The van der Waals surface area contributed by atoms with Crippen molar-refractivity contribution in [2.45, 2.75) is 13.0 Å². The molecule has 88 valence electrons.